The summed E-state index contributed by atoms with van der Waals surface area (Å²) in [5, 5.41) is 1.20. The number of aryl methyl sites for hydroxylation is 1. The number of fused-ring (bicyclic) bond motifs is 1. The first-order valence-electron chi connectivity index (χ1n) is 7.90. The van der Waals surface area contributed by atoms with Crippen molar-refractivity contribution in [1.82, 2.24) is 4.57 Å². The summed E-state index contributed by atoms with van der Waals surface area (Å²) in [6, 6.07) is 10.4. The Labute approximate surface area is 132 Å². The van der Waals surface area contributed by atoms with Crippen LogP contribution in [0.25, 0.3) is 17.0 Å². The summed E-state index contributed by atoms with van der Waals surface area (Å²) in [6.07, 6.45) is 5.62. The van der Waals surface area contributed by atoms with Gasteiger partial charge in [-0.25, -0.2) is 4.79 Å². The molecule has 0 atom stereocenters. The third kappa shape index (κ3) is 4.23. The lowest BCUT2D eigenvalue weighted by molar-refractivity contribution is -0.148. The Morgan fingerprint density at radius 2 is 2.00 bits per heavy atom. The van der Waals surface area contributed by atoms with E-state index in [9.17, 15) is 4.79 Å². The molecule has 0 spiro atoms. The standard InChI is InChI=1S/C19H25NO2/c1-5-6-13-20-16(11-12-18(21)22-19(2,3)4)14-15-9-7-8-10-17(15)20/h7-12,14H,5-6,13H2,1-4H3. The maximum absolute atomic E-state index is 11.9. The molecule has 2 rings (SSSR count). The molecule has 2 aromatic rings. The highest BCUT2D eigenvalue weighted by atomic mass is 16.6. The SMILES string of the molecule is CCCCn1c(C=CC(=O)OC(C)(C)C)cc2ccccc21. The first-order valence-corrected chi connectivity index (χ1v) is 7.90. The summed E-state index contributed by atoms with van der Waals surface area (Å²) in [6.45, 7) is 8.75. The molecule has 0 saturated carbocycles. The van der Waals surface area contributed by atoms with Crippen molar-refractivity contribution in [2.45, 2.75) is 52.7 Å². The van der Waals surface area contributed by atoms with E-state index < -0.39 is 5.60 Å². The molecule has 3 heteroatoms. The number of carbonyl (C=O) groups excluding carboxylic acids is 1. The van der Waals surface area contributed by atoms with Crippen molar-refractivity contribution in [1.29, 1.82) is 0 Å². The first-order chi connectivity index (χ1) is 10.4. The molecule has 0 unspecified atom stereocenters. The second-order valence-corrected chi connectivity index (χ2v) is 6.50. The number of hydrogen-bond donors (Lipinski definition) is 0. The lowest BCUT2D eigenvalue weighted by Gasteiger charge is -2.17. The summed E-state index contributed by atoms with van der Waals surface area (Å²) < 4.78 is 7.58. The van der Waals surface area contributed by atoms with Crippen LogP contribution in [0.4, 0.5) is 0 Å². The van der Waals surface area contributed by atoms with Crippen LogP contribution < -0.4 is 0 Å². The number of nitrogens with zero attached hydrogens (tertiary/aromatic N) is 1. The molecule has 0 amide bonds. The number of unbranched alkanes of at least 4 members (excludes halogenated alkanes) is 1. The molecule has 3 nitrogen and oxygen atoms in total. The van der Waals surface area contributed by atoms with Crippen molar-refractivity contribution in [3.8, 4) is 0 Å². The van der Waals surface area contributed by atoms with Crippen molar-refractivity contribution in [2.24, 2.45) is 0 Å². The molecular formula is C19H25NO2. The third-order valence-electron chi connectivity index (χ3n) is 3.37. The van der Waals surface area contributed by atoms with Crippen molar-refractivity contribution in [3.05, 3.63) is 42.1 Å². The highest BCUT2D eigenvalue weighted by Crippen LogP contribution is 2.22. The highest BCUT2D eigenvalue weighted by molar-refractivity contribution is 5.89. The average Bonchev–Trinajstić information content (AvgIpc) is 2.79. The van der Waals surface area contributed by atoms with Gasteiger partial charge >= 0.3 is 5.97 Å². The number of esters is 1. The molecule has 1 aromatic heterocycles. The maximum Gasteiger partial charge on any atom is 0.331 e. The zero-order valence-corrected chi connectivity index (χ0v) is 13.9. The van der Waals surface area contributed by atoms with Crippen LogP contribution in [0.15, 0.2) is 36.4 Å². The van der Waals surface area contributed by atoms with Gasteiger partial charge in [-0.2, -0.15) is 0 Å². The minimum atomic E-state index is -0.462. The zero-order chi connectivity index (χ0) is 16.2. The number of aromatic nitrogens is 1. The van der Waals surface area contributed by atoms with Crippen LogP contribution >= 0.6 is 0 Å². The van der Waals surface area contributed by atoms with Gasteiger partial charge in [0.2, 0.25) is 0 Å². The van der Waals surface area contributed by atoms with Crippen LogP contribution in [0.3, 0.4) is 0 Å². The molecule has 0 N–H and O–H groups in total. The molecule has 0 fully saturated rings. The quantitative estimate of drug-likeness (QED) is 0.587. The monoisotopic (exact) mass is 299 g/mol. The number of para-hydroxylation sites is 1. The Bertz CT molecular complexity index is 674. The van der Waals surface area contributed by atoms with E-state index in [0.29, 0.717) is 0 Å². The number of rotatable bonds is 5. The molecule has 0 radical (unpaired) electrons. The molecule has 1 heterocycles. The highest BCUT2D eigenvalue weighted by Gasteiger charge is 2.14. The van der Waals surface area contributed by atoms with Gasteiger partial charge in [-0.1, -0.05) is 31.5 Å². The lowest BCUT2D eigenvalue weighted by Crippen LogP contribution is -2.22. The van der Waals surface area contributed by atoms with Crippen LogP contribution in [0.5, 0.6) is 0 Å². The van der Waals surface area contributed by atoms with E-state index in [-0.39, 0.29) is 5.97 Å². The van der Waals surface area contributed by atoms with Crippen LogP contribution in [0.1, 0.15) is 46.2 Å². The Morgan fingerprint density at radius 3 is 2.68 bits per heavy atom. The van der Waals surface area contributed by atoms with Gasteiger partial charge in [0.15, 0.2) is 0 Å². The van der Waals surface area contributed by atoms with Crippen molar-refractivity contribution in [2.75, 3.05) is 0 Å². The van der Waals surface area contributed by atoms with E-state index in [4.69, 9.17) is 4.74 Å². The molecule has 22 heavy (non-hydrogen) atoms. The van der Waals surface area contributed by atoms with Crippen LogP contribution in [0, 0.1) is 0 Å². The Morgan fingerprint density at radius 1 is 1.27 bits per heavy atom. The van der Waals surface area contributed by atoms with Crippen molar-refractivity contribution in [3.63, 3.8) is 0 Å². The molecule has 0 bridgehead atoms. The minimum absolute atomic E-state index is 0.306. The van der Waals surface area contributed by atoms with E-state index in [0.717, 1.165) is 25.1 Å². The van der Waals surface area contributed by atoms with E-state index in [1.54, 1.807) is 0 Å². The smallest absolute Gasteiger partial charge is 0.331 e. The van der Waals surface area contributed by atoms with Gasteiger partial charge in [0, 0.05) is 29.2 Å². The van der Waals surface area contributed by atoms with Gasteiger partial charge in [-0.05, 0) is 45.4 Å². The summed E-state index contributed by atoms with van der Waals surface area (Å²) in [7, 11) is 0. The molecule has 0 saturated heterocycles. The summed E-state index contributed by atoms with van der Waals surface area (Å²) in [5.41, 5.74) is 1.79. The summed E-state index contributed by atoms with van der Waals surface area (Å²) in [5.74, 6) is -0.306. The fourth-order valence-electron chi connectivity index (χ4n) is 2.42. The first kappa shape index (κ1) is 16.3. The summed E-state index contributed by atoms with van der Waals surface area (Å²) >= 11 is 0. The Hall–Kier alpha value is -2.03. The summed E-state index contributed by atoms with van der Waals surface area (Å²) in [4.78, 5) is 11.9. The fraction of sp³-hybridized carbons (Fsp3) is 0.421. The number of carbonyl (C=O) groups is 1. The molecule has 0 aliphatic carbocycles. The second kappa shape index (κ2) is 6.82. The number of ether oxygens (including phenoxy) is 1. The van der Waals surface area contributed by atoms with Crippen LogP contribution in [-0.2, 0) is 16.1 Å². The maximum atomic E-state index is 11.9. The third-order valence-corrected chi connectivity index (χ3v) is 3.37. The molecule has 1 aromatic carbocycles. The van der Waals surface area contributed by atoms with Gasteiger partial charge in [0.25, 0.3) is 0 Å². The van der Waals surface area contributed by atoms with Gasteiger partial charge < -0.3 is 9.30 Å². The van der Waals surface area contributed by atoms with E-state index in [2.05, 4.69) is 29.7 Å². The molecule has 0 aliphatic heterocycles. The number of hydrogen-bond acceptors (Lipinski definition) is 2. The van der Waals surface area contributed by atoms with Gasteiger partial charge in [-0.15, -0.1) is 0 Å². The Kier molecular flexibility index (Phi) is 5.07. The lowest BCUT2D eigenvalue weighted by atomic mass is 10.2. The second-order valence-electron chi connectivity index (χ2n) is 6.50. The average molecular weight is 299 g/mol. The van der Waals surface area contributed by atoms with E-state index in [1.807, 2.05) is 39.0 Å². The van der Waals surface area contributed by atoms with Gasteiger partial charge in [0.1, 0.15) is 5.60 Å². The molecular weight excluding hydrogens is 274 g/mol. The minimum Gasteiger partial charge on any atom is -0.457 e. The molecule has 0 aliphatic rings. The number of benzene rings is 1. The van der Waals surface area contributed by atoms with E-state index >= 15 is 0 Å². The van der Waals surface area contributed by atoms with Gasteiger partial charge in [0.05, 0.1) is 0 Å². The van der Waals surface area contributed by atoms with Crippen molar-refractivity contribution >= 4 is 22.9 Å². The predicted molar refractivity (Wildman–Crippen MR) is 91.7 cm³/mol. The zero-order valence-electron chi connectivity index (χ0n) is 13.9. The largest absolute Gasteiger partial charge is 0.457 e. The fourth-order valence-corrected chi connectivity index (χ4v) is 2.42. The predicted octanol–water partition coefficient (Wildman–Crippen LogP) is 4.80. The Balaban J connectivity index is 2.28. The van der Waals surface area contributed by atoms with Gasteiger partial charge in [-0.3, -0.25) is 0 Å². The van der Waals surface area contributed by atoms with Crippen molar-refractivity contribution < 1.29 is 9.53 Å². The van der Waals surface area contributed by atoms with Crippen LogP contribution in [0.2, 0.25) is 0 Å². The molecule has 118 valence electrons. The van der Waals surface area contributed by atoms with Crippen LogP contribution in [-0.4, -0.2) is 16.1 Å². The topological polar surface area (TPSA) is 31.2 Å². The van der Waals surface area contributed by atoms with E-state index in [1.165, 1.54) is 17.0 Å². The normalized spacial score (nSPS) is 12.2.